The van der Waals surface area contributed by atoms with Crippen LogP contribution in [0, 0.1) is 0 Å². The predicted molar refractivity (Wildman–Crippen MR) is 75.3 cm³/mol. The summed E-state index contributed by atoms with van der Waals surface area (Å²) in [5, 5.41) is 1.15. The highest BCUT2D eigenvalue weighted by atomic mass is 35.5. The van der Waals surface area contributed by atoms with Crippen LogP contribution in [-0.4, -0.2) is 17.8 Å². The zero-order valence-electron chi connectivity index (χ0n) is 10.2. The summed E-state index contributed by atoms with van der Waals surface area (Å²) in [5.74, 6) is -0.449. The fraction of sp³-hybridized carbons (Fsp3) is 0.154. The molecule has 2 rings (SSSR count). The zero-order valence-corrected chi connectivity index (χ0v) is 11.7. The maximum absolute atomic E-state index is 11.5. The van der Waals surface area contributed by atoms with E-state index < -0.39 is 5.97 Å². The fourth-order valence-corrected chi connectivity index (χ4v) is 1.93. The number of ether oxygens (including phenoxy) is 1. The average Bonchev–Trinajstić information content (AvgIpc) is 2.78. The Hall–Kier alpha value is -1.65. The van der Waals surface area contributed by atoms with E-state index in [0.717, 1.165) is 5.56 Å². The van der Waals surface area contributed by atoms with Crippen LogP contribution in [0.4, 0.5) is 0 Å². The van der Waals surface area contributed by atoms with Gasteiger partial charge in [0.15, 0.2) is 0 Å². The number of nitrogens with zero attached hydrogens (tertiary/aromatic N) is 1. The normalized spacial score (nSPS) is 10.3. The van der Waals surface area contributed by atoms with Crippen LogP contribution in [0.25, 0.3) is 0 Å². The minimum atomic E-state index is -0.449. The Morgan fingerprint density at radius 1 is 1.26 bits per heavy atom. The molecule has 2 aromatic rings. The van der Waals surface area contributed by atoms with E-state index in [4.69, 9.17) is 23.2 Å². The SMILES string of the molecule is COC(=O)c1cc(Cl)cn1NCc1ccc(Cl)cc1. The van der Waals surface area contributed by atoms with Crippen LogP contribution in [0.3, 0.4) is 0 Å². The molecule has 0 aliphatic carbocycles. The van der Waals surface area contributed by atoms with Crippen molar-refractivity contribution in [1.82, 2.24) is 4.68 Å². The van der Waals surface area contributed by atoms with Crippen molar-refractivity contribution < 1.29 is 9.53 Å². The lowest BCUT2D eigenvalue weighted by Crippen LogP contribution is -2.19. The van der Waals surface area contributed by atoms with Gasteiger partial charge in [0.2, 0.25) is 0 Å². The van der Waals surface area contributed by atoms with Crippen molar-refractivity contribution in [1.29, 1.82) is 0 Å². The Morgan fingerprint density at radius 2 is 1.95 bits per heavy atom. The Balaban J connectivity index is 2.11. The van der Waals surface area contributed by atoms with Gasteiger partial charge in [-0.15, -0.1) is 0 Å². The van der Waals surface area contributed by atoms with E-state index >= 15 is 0 Å². The maximum atomic E-state index is 11.5. The molecule has 0 saturated heterocycles. The standard InChI is InChI=1S/C13H12Cl2N2O2/c1-19-13(18)12-6-11(15)8-17(12)16-7-9-2-4-10(14)5-3-9/h2-6,8,16H,7H2,1H3. The van der Waals surface area contributed by atoms with Crippen molar-refractivity contribution in [3.63, 3.8) is 0 Å². The summed E-state index contributed by atoms with van der Waals surface area (Å²) in [6.45, 7) is 0.534. The van der Waals surface area contributed by atoms with Crippen LogP contribution >= 0.6 is 23.2 Å². The summed E-state index contributed by atoms with van der Waals surface area (Å²) in [7, 11) is 1.33. The topological polar surface area (TPSA) is 43.3 Å². The molecule has 100 valence electrons. The van der Waals surface area contributed by atoms with Gasteiger partial charge in [-0.25, -0.2) is 4.79 Å². The third kappa shape index (κ3) is 3.43. The van der Waals surface area contributed by atoms with E-state index in [1.165, 1.54) is 7.11 Å². The molecule has 4 nitrogen and oxygen atoms in total. The summed E-state index contributed by atoms with van der Waals surface area (Å²) in [6.07, 6.45) is 1.61. The van der Waals surface area contributed by atoms with Crippen LogP contribution < -0.4 is 5.43 Å². The number of hydrogen-bond acceptors (Lipinski definition) is 3. The number of halogens is 2. The molecule has 1 heterocycles. The second-order valence-electron chi connectivity index (χ2n) is 3.87. The second-order valence-corrected chi connectivity index (χ2v) is 4.74. The first-order chi connectivity index (χ1) is 9.10. The highest BCUT2D eigenvalue weighted by molar-refractivity contribution is 6.31. The van der Waals surface area contributed by atoms with E-state index in [0.29, 0.717) is 22.3 Å². The quantitative estimate of drug-likeness (QED) is 0.881. The molecule has 0 atom stereocenters. The molecular formula is C13H12Cl2N2O2. The molecule has 0 aliphatic rings. The smallest absolute Gasteiger partial charge is 0.356 e. The van der Waals surface area contributed by atoms with E-state index in [1.54, 1.807) is 16.9 Å². The van der Waals surface area contributed by atoms with Gasteiger partial charge in [0, 0.05) is 11.2 Å². The van der Waals surface area contributed by atoms with Gasteiger partial charge in [-0.3, -0.25) is 4.68 Å². The third-order valence-corrected chi connectivity index (χ3v) is 3.01. The van der Waals surface area contributed by atoms with Gasteiger partial charge in [0.1, 0.15) is 5.69 Å². The summed E-state index contributed by atoms with van der Waals surface area (Å²) in [6, 6.07) is 8.96. The molecule has 0 amide bonds. The molecule has 1 N–H and O–H groups in total. The molecule has 0 bridgehead atoms. The van der Waals surface area contributed by atoms with Crippen LogP contribution in [0.5, 0.6) is 0 Å². The van der Waals surface area contributed by atoms with E-state index in [-0.39, 0.29) is 0 Å². The molecular weight excluding hydrogens is 287 g/mol. The highest BCUT2D eigenvalue weighted by Crippen LogP contribution is 2.15. The Kier molecular flexibility index (Phi) is 4.35. The fourth-order valence-electron chi connectivity index (χ4n) is 1.60. The lowest BCUT2D eigenvalue weighted by Gasteiger charge is -2.10. The van der Waals surface area contributed by atoms with Crippen LogP contribution in [0.1, 0.15) is 16.1 Å². The average molecular weight is 299 g/mol. The van der Waals surface area contributed by atoms with Crippen molar-refractivity contribution in [2.45, 2.75) is 6.54 Å². The number of rotatable bonds is 4. The number of carbonyl (C=O) groups excluding carboxylic acids is 1. The van der Waals surface area contributed by atoms with Crippen molar-refractivity contribution in [3.05, 3.63) is 57.8 Å². The number of hydrogen-bond donors (Lipinski definition) is 1. The Bertz CT molecular complexity index is 579. The number of esters is 1. The number of nitrogens with one attached hydrogen (secondary N) is 1. The minimum Gasteiger partial charge on any atom is -0.464 e. The molecule has 6 heteroatoms. The molecule has 19 heavy (non-hydrogen) atoms. The largest absolute Gasteiger partial charge is 0.464 e. The number of benzene rings is 1. The van der Waals surface area contributed by atoms with E-state index in [9.17, 15) is 4.79 Å². The van der Waals surface area contributed by atoms with Gasteiger partial charge in [-0.1, -0.05) is 35.3 Å². The molecule has 1 aromatic carbocycles. The number of aromatic nitrogens is 1. The van der Waals surface area contributed by atoms with Gasteiger partial charge in [-0.05, 0) is 23.8 Å². The minimum absolute atomic E-state index is 0.349. The van der Waals surface area contributed by atoms with Gasteiger partial charge in [0.05, 0.1) is 18.7 Å². The molecule has 0 aliphatic heterocycles. The number of carbonyl (C=O) groups is 1. The summed E-state index contributed by atoms with van der Waals surface area (Å²) >= 11 is 11.7. The summed E-state index contributed by atoms with van der Waals surface area (Å²) < 4.78 is 6.23. The molecule has 0 spiro atoms. The van der Waals surface area contributed by atoms with Crippen LogP contribution in [0.2, 0.25) is 10.0 Å². The van der Waals surface area contributed by atoms with Crippen LogP contribution in [0.15, 0.2) is 36.5 Å². The molecule has 0 unspecified atom stereocenters. The van der Waals surface area contributed by atoms with Gasteiger partial charge in [-0.2, -0.15) is 0 Å². The zero-order chi connectivity index (χ0) is 13.8. The maximum Gasteiger partial charge on any atom is 0.356 e. The third-order valence-electron chi connectivity index (χ3n) is 2.55. The number of methoxy groups -OCH3 is 1. The molecule has 0 fully saturated rings. The van der Waals surface area contributed by atoms with Gasteiger partial charge in [0.25, 0.3) is 0 Å². The molecule has 0 radical (unpaired) electrons. The molecule has 0 saturated carbocycles. The van der Waals surface area contributed by atoms with Crippen molar-refractivity contribution >= 4 is 29.2 Å². The summed E-state index contributed by atoms with van der Waals surface area (Å²) in [5.41, 5.74) is 4.45. The highest BCUT2D eigenvalue weighted by Gasteiger charge is 2.13. The van der Waals surface area contributed by atoms with E-state index in [1.807, 2.05) is 24.3 Å². The van der Waals surface area contributed by atoms with Gasteiger partial charge >= 0.3 is 5.97 Å². The summed E-state index contributed by atoms with van der Waals surface area (Å²) in [4.78, 5) is 11.5. The van der Waals surface area contributed by atoms with Crippen molar-refractivity contribution in [3.8, 4) is 0 Å². The molecule has 1 aromatic heterocycles. The first-order valence-electron chi connectivity index (χ1n) is 5.54. The lowest BCUT2D eigenvalue weighted by atomic mass is 10.2. The van der Waals surface area contributed by atoms with Crippen LogP contribution in [-0.2, 0) is 11.3 Å². The lowest BCUT2D eigenvalue weighted by molar-refractivity contribution is 0.0590. The van der Waals surface area contributed by atoms with E-state index in [2.05, 4.69) is 10.2 Å². The van der Waals surface area contributed by atoms with Crippen molar-refractivity contribution in [2.24, 2.45) is 0 Å². The first-order valence-corrected chi connectivity index (χ1v) is 6.30. The second kappa shape index (κ2) is 5.99. The predicted octanol–water partition coefficient (Wildman–Crippen LogP) is 3.33. The Morgan fingerprint density at radius 3 is 2.58 bits per heavy atom. The van der Waals surface area contributed by atoms with Crippen molar-refractivity contribution in [2.75, 3.05) is 12.5 Å². The Labute approximate surface area is 120 Å². The first kappa shape index (κ1) is 13.8. The van der Waals surface area contributed by atoms with Gasteiger partial charge < -0.3 is 10.2 Å². The monoisotopic (exact) mass is 298 g/mol.